The second kappa shape index (κ2) is 6.36. The molecule has 0 aliphatic carbocycles. The lowest BCUT2D eigenvalue weighted by molar-refractivity contribution is -0.132. The van der Waals surface area contributed by atoms with E-state index in [1.807, 2.05) is 26.1 Å². The summed E-state index contributed by atoms with van der Waals surface area (Å²) in [6.07, 6.45) is 5.51. The van der Waals surface area contributed by atoms with Gasteiger partial charge in [-0.15, -0.1) is 0 Å². The van der Waals surface area contributed by atoms with E-state index in [1.165, 1.54) is 0 Å². The number of hydrogen-bond acceptors (Lipinski definition) is 2. The average Bonchev–Trinajstić information content (AvgIpc) is 2.80. The largest absolute Gasteiger partial charge is 0.467 e. The smallest absolute Gasteiger partial charge is 0.222 e. The average molecular weight is 223 g/mol. The minimum absolute atomic E-state index is 0.0177. The predicted octanol–water partition coefficient (Wildman–Crippen LogP) is 3.38. The van der Waals surface area contributed by atoms with Crippen molar-refractivity contribution in [1.29, 1.82) is 0 Å². The molecule has 0 bridgehead atoms. The van der Waals surface area contributed by atoms with E-state index in [-0.39, 0.29) is 11.9 Å². The quantitative estimate of drug-likeness (QED) is 0.693. The number of hydrogen-bond donors (Lipinski definition) is 0. The molecule has 0 fully saturated rings. The molecule has 0 saturated carbocycles. The van der Waals surface area contributed by atoms with Crippen LogP contribution in [0, 0.1) is 0 Å². The predicted molar refractivity (Wildman–Crippen MR) is 64.0 cm³/mol. The van der Waals surface area contributed by atoms with Crippen molar-refractivity contribution in [3.8, 4) is 0 Å². The first-order valence-corrected chi connectivity index (χ1v) is 5.95. The van der Waals surface area contributed by atoms with Crippen molar-refractivity contribution in [2.75, 3.05) is 7.05 Å². The van der Waals surface area contributed by atoms with E-state index in [0.717, 1.165) is 25.0 Å². The Morgan fingerprint density at radius 3 is 2.81 bits per heavy atom. The molecule has 0 radical (unpaired) electrons. The molecule has 1 aromatic rings. The summed E-state index contributed by atoms with van der Waals surface area (Å²) in [5.74, 6) is 1.03. The Balaban J connectivity index is 2.44. The summed E-state index contributed by atoms with van der Waals surface area (Å²) in [7, 11) is 1.83. The van der Waals surface area contributed by atoms with Crippen LogP contribution in [0.5, 0.6) is 0 Å². The summed E-state index contributed by atoms with van der Waals surface area (Å²) >= 11 is 0. The van der Waals surface area contributed by atoms with E-state index >= 15 is 0 Å². The lowest BCUT2D eigenvalue weighted by Gasteiger charge is -2.23. The van der Waals surface area contributed by atoms with Gasteiger partial charge < -0.3 is 9.32 Å². The van der Waals surface area contributed by atoms with Gasteiger partial charge in [-0.1, -0.05) is 19.8 Å². The van der Waals surface area contributed by atoms with Crippen molar-refractivity contribution in [1.82, 2.24) is 4.90 Å². The lowest BCUT2D eigenvalue weighted by atomic mass is 10.1. The van der Waals surface area contributed by atoms with E-state index in [2.05, 4.69) is 6.92 Å². The summed E-state index contributed by atoms with van der Waals surface area (Å²) in [5.41, 5.74) is 0. The number of nitrogens with zero attached hydrogens (tertiary/aromatic N) is 1. The molecule has 90 valence electrons. The second-order valence-corrected chi connectivity index (χ2v) is 4.15. The maximum atomic E-state index is 11.8. The van der Waals surface area contributed by atoms with Gasteiger partial charge >= 0.3 is 0 Å². The zero-order valence-corrected chi connectivity index (χ0v) is 10.4. The molecule has 1 rings (SSSR count). The zero-order chi connectivity index (χ0) is 12.0. The topological polar surface area (TPSA) is 33.5 Å². The summed E-state index contributed by atoms with van der Waals surface area (Å²) in [6, 6.07) is 3.77. The Bertz CT molecular complexity index is 306. The van der Waals surface area contributed by atoms with Crippen molar-refractivity contribution < 1.29 is 9.21 Å². The lowest BCUT2D eigenvalue weighted by Crippen LogP contribution is -2.29. The highest BCUT2D eigenvalue weighted by Gasteiger charge is 2.18. The number of carbonyl (C=O) groups is 1. The maximum absolute atomic E-state index is 11.8. The molecule has 0 N–H and O–H groups in total. The molecule has 3 heteroatoms. The van der Waals surface area contributed by atoms with Gasteiger partial charge in [-0.2, -0.15) is 0 Å². The van der Waals surface area contributed by atoms with Crippen molar-refractivity contribution in [3.05, 3.63) is 24.2 Å². The Labute approximate surface area is 97.4 Å². The molecule has 1 heterocycles. The van der Waals surface area contributed by atoms with Gasteiger partial charge in [-0.05, 0) is 25.5 Å². The zero-order valence-electron chi connectivity index (χ0n) is 10.4. The third-order valence-corrected chi connectivity index (χ3v) is 2.92. The Kier molecular flexibility index (Phi) is 5.09. The van der Waals surface area contributed by atoms with Crippen LogP contribution in [0.2, 0.25) is 0 Å². The monoisotopic (exact) mass is 223 g/mol. The van der Waals surface area contributed by atoms with Crippen molar-refractivity contribution in [3.63, 3.8) is 0 Å². The SMILES string of the molecule is CCCCCC(=O)N(C)C(C)c1ccco1. The molecule has 0 aliphatic heterocycles. The number of amides is 1. The molecular formula is C13H21NO2. The summed E-state index contributed by atoms with van der Waals surface area (Å²) in [5, 5.41) is 0. The van der Waals surface area contributed by atoms with Crippen LogP contribution in [0.15, 0.2) is 22.8 Å². The number of furan rings is 1. The van der Waals surface area contributed by atoms with Crippen LogP contribution >= 0.6 is 0 Å². The highest BCUT2D eigenvalue weighted by atomic mass is 16.3. The Morgan fingerprint density at radius 2 is 2.25 bits per heavy atom. The third kappa shape index (κ3) is 3.40. The van der Waals surface area contributed by atoms with E-state index < -0.39 is 0 Å². The van der Waals surface area contributed by atoms with Gasteiger partial charge in [0.2, 0.25) is 5.91 Å². The molecule has 0 spiro atoms. The van der Waals surface area contributed by atoms with E-state index in [4.69, 9.17) is 4.42 Å². The minimum atomic E-state index is 0.0177. The number of rotatable bonds is 6. The van der Waals surface area contributed by atoms with Crippen LogP contribution in [0.25, 0.3) is 0 Å². The molecule has 0 aromatic carbocycles. The van der Waals surface area contributed by atoms with Gasteiger partial charge in [0.15, 0.2) is 0 Å². The van der Waals surface area contributed by atoms with Crippen LogP contribution in [-0.2, 0) is 4.79 Å². The van der Waals surface area contributed by atoms with Crippen molar-refractivity contribution in [2.24, 2.45) is 0 Å². The van der Waals surface area contributed by atoms with Crippen LogP contribution < -0.4 is 0 Å². The molecule has 0 aliphatic rings. The summed E-state index contributed by atoms with van der Waals surface area (Å²) in [4.78, 5) is 13.6. The fraction of sp³-hybridized carbons (Fsp3) is 0.615. The van der Waals surface area contributed by atoms with Gasteiger partial charge in [0.25, 0.3) is 0 Å². The van der Waals surface area contributed by atoms with Gasteiger partial charge in [0.1, 0.15) is 5.76 Å². The van der Waals surface area contributed by atoms with E-state index in [1.54, 1.807) is 11.2 Å². The first-order chi connectivity index (χ1) is 7.66. The fourth-order valence-electron chi connectivity index (χ4n) is 1.64. The maximum Gasteiger partial charge on any atom is 0.222 e. The molecule has 1 unspecified atom stereocenters. The molecule has 16 heavy (non-hydrogen) atoms. The van der Waals surface area contributed by atoms with Gasteiger partial charge in [0, 0.05) is 13.5 Å². The van der Waals surface area contributed by atoms with Crippen LogP contribution in [-0.4, -0.2) is 17.9 Å². The van der Waals surface area contributed by atoms with Crippen molar-refractivity contribution >= 4 is 5.91 Å². The molecule has 3 nitrogen and oxygen atoms in total. The summed E-state index contributed by atoms with van der Waals surface area (Å²) < 4.78 is 5.30. The molecular weight excluding hydrogens is 202 g/mol. The highest BCUT2D eigenvalue weighted by molar-refractivity contribution is 5.76. The van der Waals surface area contributed by atoms with E-state index in [9.17, 15) is 4.79 Å². The minimum Gasteiger partial charge on any atom is -0.467 e. The summed E-state index contributed by atoms with van der Waals surface area (Å²) in [6.45, 7) is 4.12. The first-order valence-electron chi connectivity index (χ1n) is 5.95. The van der Waals surface area contributed by atoms with Crippen LogP contribution in [0.3, 0.4) is 0 Å². The number of carbonyl (C=O) groups excluding carboxylic acids is 1. The Hall–Kier alpha value is -1.25. The van der Waals surface area contributed by atoms with Gasteiger partial charge in [0.05, 0.1) is 12.3 Å². The van der Waals surface area contributed by atoms with Crippen LogP contribution in [0.1, 0.15) is 51.3 Å². The van der Waals surface area contributed by atoms with Gasteiger partial charge in [-0.25, -0.2) is 0 Å². The number of unbranched alkanes of at least 4 members (excludes halogenated alkanes) is 2. The molecule has 0 saturated heterocycles. The standard InChI is InChI=1S/C13H21NO2/c1-4-5-6-9-13(15)14(3)11(2)12-8-7-10-16-12/h7-8,10-11H,4-6,9H2,1-3H3. The normalized spacial score (nSPS) is 12.4. The third-order valence-electron chi connectivity index (χ3n) is 2.92. The molecule has 1 amide bonds. The molecule has 1 aromatic heterocycles. The second-order valence-electron chi connectivity index (χ2n) is 4.15. The fourth-order valence-corrected chi connectivity index (χ4v) is 1.64. The van der Waals surface area contributed by atoms with Crippen LogP contribution in [0.4, 0.5) is 0 Å². The first kappa shape index (κ1) is 12.8. The van der Waals surface area contributed by atoms with Gasteiger partial charge in [-0.3, -0.25) is 4.79 Å². The highest BCUT2D eigenvalue weighted by Crippen LogP contribution is 2.20. The Morgan fingerprint density at radius 1 is 1.50 bits per heavy atom. The van der Waals surface area contributed by atoms with E-state index in [0.29, 0.717) is 6.42 Å². The molecule has 1 atom stereocenters. The van der Waals surface area contributed by atoms with Crippen molar-refractivity contribution in [2.45, 2.75) is 45.6 Å².